The van der Waals surface area contributed by atoms with Crippen LogP contribution in [0.1, 0.15) is 94.5 Å². The molecule has 0 aliphatic carbocycles. The van der Waals surface area contributed by atoms with Crippen LogP contribution in [-0.4, -0.2) is 5.78 Å². The van der Waals surface area contributed by atoms with Crippen LogP contribution in [0.4, 0.5) is 0 Å². The lowest BCUT2D eigenvalue weighted by atomic mass is 9.99. The number of aryl methyl sites for hydroxylation is 1. The number of fused-ring (bicyclic) bond motifs is 5. The number of hydrogen-bond acceptors (Lipinski definition) is 3. The van der Waals surface area contributed by atoms with Crippen molar-refractivity contribution in [3.63, 3.8) is 0 Å². The average molecular weight is 465 g/mol. The molecule has 2 heterocycles. The molecule has 1 atom stereocenters. The molecule has 0 bridgehead atoms. The standard InChI is InChI=1S/C29H36OS2/c1-4-6-7-8-9-13-25(30)22-15-17-24-27(19-22)32-28-23-16-14-21(12-10-11-20(3)5-2)18-26(23)31-29(24)28/h14-20H,4-13H2,1-3H3/t20-/m0/s1. The summed E-state index contributed by atoms with van der Waals surface area (Å²) in [6, 6.07) is 13.4. The van der Waals surface area contributed by atoms with E-state index in [4.69, 9.17) is 0 Å². The molecule has 0 N–H and O–H groups in total. The number of rotatable bonds is 12. The Balaban J connectivity index is 1.50. The fourth-order valence-electron chi connectivity index (χ4n) is 4.52. The Kier molecular flexibility index (Phi) is 8.02. The van der Waals surface area contributed by atoms with E-state index >= 15 is 0 Å². The predicted octanol–water partition coefficient (Wildman–Crippen LogP) is 10.2. The highest BCUT2D eigenvalue weighted by molar-refractivity contribution is 7.36. The van der Waals surface area contributed by atoms with Gasteiger partial charge < -0.3 is 0 Å². The molecular formula is C29H36OS2. The molecule has 0 fully saturated rings. The van der Waals surface area contributed by atoms with Gasteiger partial charge in [-0.2, -0.15) is 0 Å². The first-order chi connectivity index (χ1) is 15.6. The lowest BCUT2D eigenvalue weighted by molar-refractivity contribution is 0.0979. The predicted molar refractivity (Wildman–Crippen MR) is 145 cm³/mol. The normalized spacial score (nSPS) is 12.8. The third kappa shape index (κ3) is 5.26. The highest BCUT2D eigenvalue weighted by atomic mass is 32.1. The maximum Gasteiger partial charge on any atom is 0.162 e. The van der Waals surface area contributed by atoms with Gasteiger partial charge in [0.15, 0.2) is 5.78 Å². The molecule has 4 rings (SSSR count). The van der Waals surface area contributed by atoms with Crippen molar-refractivity contribution >= 4 is 58.0 Å². The minimum absolute atomic E-state index is 0.298. The summed E-state index contributed by atoms with van der Waals surface area (Å²) >= 11 is 3.77. The van der Waals surface area contributed by atoms with Gasteiger partial charge in [-0.3, -0.25) is 4.79 Å². The van der Waals surface area contributed by atoms with E-state index < -0.39 is 0 Å². The van der Waals surface area contributed by atoms with Crippen molar-refractivity contribution in [2.45, 2.75) is 85.0 Å². The van der Waals surface area contributed by atoms with Crippen LogP contribution in [0, 0.1) is 5.92 Å². The Morgan fingerprint density at radius 3 is 2.25 bits per heavy atom. The molecule has 0 saturated heterocycles. The van der Waals surface area contributed by atoms with Crippen LogP contribution in [0.15, 0.2) is 36.4 Å². The monoisotopic (exact) mass is 464 g/mol. The van der Waals surface area contributed by atoms with Crippen molar-refractivity contribution in [3.05, 3.63) is 47.5 Å². The number of benzene rings is 2. The molecule has 1 nitrogen and oxygen atoms in total. The summed E-state index contributed by atoms with van der Waals surface area (Å²) in [4.78, 5) is 12.7. The Hall–Kier alpha value is -1.71. The molecule has 2 aromatic heterocycles. The van der Waals surface area contributed by atoms with Crippen molar-refractivity contribution in [2.24, 2.45) is 5.92 Å². The maximum atomic E-state index is 12.7. The number of unbranched alkanes of at least 4 members (excludes halogenated alkanes) is 4. The molecule has 0 aliphatic heterocycles. The summed E-state index contributed by atoms with van der Waals surface area (Å²) in [5.74, 6) is 1.13. The molecule has 170 valence electrons. The fourth-order valence-corrected chi connectivity index (χ4v) is 7.28. The molecule has 2 aromatic carbocycles. The van der Waals surface area contributed by atoms with E-state index in [-0.39, 0.29) is 0 Å². The first-order valence-corrected chi connectivity index (χ1v) is 14.1. The highest BCUT2D eigenvalue weighted by Gasteiger charge is 2.14. The topological polar surface area (TPSA) is 17.1 Å². The third-order valence-corrected chi connectivity index (χ3v) is 9.34. The average Bonchev–Trinajstić information content (AvgIpc) is 3.33. The van der Waals surface area contributed by atoms with E-state index in [1.807, 2.05) is 28.7 Å². The smallest absolute Gasteiger partial charge is 0.162 e. The minimum Gasteiger partial charge on any atom is -0.294 e. The van der Waals surface area contributed by atoms with Crippen LogP contribution in [0.25, 0.3) is 29.6 Å². The van der Waals surface area contributed by atoms with Crippen molar-refractivity contribution in [2.75, 3.05) is 0 Å². The number of hydrogen-bond donors (Lipinski definition) is 0. The maximum absolute atomic E-state index is 12.7. The van der Waals surface area contributed by atoms with Gasteiger partial charge in [0, 0.05) is 32.2 Å². The van der Waals surface area contributed by atoms with Gasteiger partial charge in [0.1, 0.15) is 0 Å². The van der Waals surface area contributed by atoms with Gasteiger partial charge in [-0.15, -0.1) is 22.7 Å². The number of thiophene rings is 2. The zero-order chi connectivity index (χ0) is 22.5. The summed E-state index contributed by atoms with van der Waals surface area (Å²) < 4.78 is 5.43. The summed E-state index contributed by atoms with van der Waals surface area (Å²) in [7, 11) is 0. The van der Waals surface area contributed by atoms with E-state index in [1.54, 1.807) is 0 Å². The molecule has 0 spiro atoms. The summed E-state index contributed by atoms with van der Waals surface area (Å²) in [5, 5.41) is 2.68. The van der Waals surface area contributed by atoms with Gasteiger partial charge in [-0.25, -0.2) is 0 Å². The van der Waals surface area contributed by atoms with E-state index in [9.17, 15) is 4.79 Å². The molecule has 0 amide bonds. The van der Waals surface area contributed by atoms with Gasteiger partial charge in [-0.1, -0.05) is 83.6 Å². The second kappa shape index (κ2) is 10.9. The summed E-state index contributed by atoms with van der Waals surface area (Å²) in [6.45, 7) is 6.87. The van der Waals surface area contributed by atoms with E-state index in [2.05, 4.69) is 51.1 Å². The van der Waals surface area contributed by atoms with Gasteiger partial charge in [0.25, 0.3) is 0 Å². The van der Waals surface area contributed by atoms with Gasteiger partial charge in [-0.05, 0) is 42.9 Å². The largest absolute Gasteiger partial charge is 0.294 e. The first-order valence-electron chi connectivity index (χ1n) is 12.5. The summed E-state index contributed by atoms with van der Waals surface area (Å²) in [6.07, 6.45) is 11.7. The molecule has 32 heavy (non-hydrogen) atoms. The number of carbonyl (C=O) groups excluding carboxylic acids is 1. The van der Waals surface area contributed by atoms with Gasteiger partial charge in [0.05, 0.1) is 9.40 Å². The molecular weight excluding hydrogens is 428 g/mol. The second-order valence-electron chi connectivity index (χ2n) is 9.40. The number of ketones is 1. The van der Waals surface area contributed by atoms with E-state index in [0.29, 0.717) is 12.2 Å². The highest BCUT2D eigenvalue weighted by Crippen LogP contribution is 2.44. The molecule has 0 aliphatic rings. The third-order valence-electron chi connectivity index (χ3n) is 6.84. The molecule has 4 aromatic rings. The Morgan fingerprint density at radius 1 is 0.844 bits per heavy atom. The van der Waals surface area contributed by atoms with Crippen LogP contribution in [0.5, 0.6) is 0 Å². The zero-order valence-electron chi connectivity index (χ0n) is 19.8. The van der Waals surface area contributed by atoms with Crippen molar-refractivity contribution < 1.29 is 4.79 Å². The Labute approximate surface area is 200 Å². The lowest BCUT2D eigenvalue weighted by Gasteiger charge is -2.07. The molecule has 3 heteroatoms. The van der Waals surface area contributed by atoms with E-state index in [0.717, 1.165) is 17.9 Å². The minimum atomic E-state index is 0.298. The zero-order valence-corrected chi connectivity index (χ0v) is 21.5. The van der Waals surface area contributed by atoms with Crippen LogP contribution < -0.4 is 0 Å². The Morgan fingerprint density at radius 2 is 1.53 bits per heavy atom. The van der Waals surface area contributed by atoms with Gasteiger partial charge >= 0.3 is 0 Å². The van der Waals surface area contributed by atoms with Gasteiger partial charge in [0.2, 0.25) is 0 Å². The Bertz CT molecular complexity index is 1200. The second-order valence-corrected chi connectivity index (χ2v) is 11.5. The van der Waals surface area contributed by atoms with Crippen molar-refractivity contribution in [1.29, 1.82) is 0 Å². The number of carbonyl (C=O) groups is 1. The molecule has 0 saturated carbocycles. The first kappa shape index (κ1) is 23.4. The van der Waals surface area contributed by atoms with Crippen molar-refractivity contribution in [3.8, 4) is 0 Å². The summed E-state index contributed by atoms with van der Waals surface area (Å²) in [5.41, 5.74) is 2.35. The lowest BCUT2D eigenvalue weighted by Crippen LogP contribution is -1.98. The number of Topliss-reactive ketones (excluding diaryl/α,β-unsaturated/α-hetero) is 1. The fraction of sp³-hybridized carbons (Fsp3) is 0.483. The quantitative estimate of drug-likeness (QED) is 0.150. The van der Waals surface area contributed by atoms with Crippen LogP contribution in [0.3, 0.4) is 0 Å². The molecule has 0 radical (unpaired) electrons. The molecule has 0 unspecified atom stereocenters. The van der Waals surface area contributed by atoms with Crippen LogP contribution >= 0.6 is 22.7 Å². The van der Waals surface area contributed by atoms with Crippen LogP contribution in [0.2, 0.25) is 0 Å². The van der Waals surface area contributed by atoms with E-state index in [1.165, 1.54) is 86.5 Å². The van der Waals surface area contributed by atoms with Crippen LogP contribution in [-0.2, 0) is 6.42 Å². The van der Waals surface area contributed by atoms with Crippen molar-refractivity contribution in [1.82, 2.24) is 0 Å². The SMILES string of the molecule is CCCCCCCC(=O)c1ccc2c(c1)sc1c3ccc(CCC[C@@H](C)CC)cc3sc21.